The number of fused-ring (bicyclic) bond motifs is 2. The number of nitrogens with zero attached hydrogens (tertiary/aromatic N) is 2. The van der Waals surface area contributed by atoms with Crippen molar-refractivity contribution in [3.8, 4) is 0 Å². The Labute approximate surface area is 118 Å². The van der Waals surface area contributed by atoms with Crippen molar-refractivity contribution in [2.45, 2.75) is 0 Å². The van der Waals surface area contributed by atoms with Gasteiger partial charge in [-0.05, 0) is 18.2 Å². The van der Waals surface area contributed by atoms with Gasteiger partial charge in [-0.15, -0.1) is 0 Å². The van der Waals surface area contributed by atoms with E-state index < -0.39 is 5.91 Å². The fraction of sp³-hybridized carbons (Fsp3) is 0. The standard InChI is InChI=1S/C13H7Cl2N3O/c14-6-5-9-12(10(11(6)15)13(16)19)18-8-4-2-1-3-7(8)17-9/h1-5H,(H2,16,19). The highest BCUT2D eigenvalue weighted by Gasteiger charge is 2.17. The van der Waals surface area contributed by atoms with Gasteiger partial charge in [-0.1, -0.05) is 35.3 Å². The monoisotopic (exact) mass is 291 g/mol. The van der Waals surface area contributed by atoms with Crippen LogP contribution in [0, 0.1) is 0 Å². The molecule has 3 rings (SSSR count). The Morgan fingerprint density at radius 3 is 2.32 bits per heavy atom. The van der Waals surface area contributed by atoms with Crippen LogP contribution in [0.1, 0.15) is 10.4 Å². The fourth-order valence-electron chi connectivity index (χ4n) is 1.93. The van der Waals surface area contributed by atoms with Crippen molar-refractivity contribution in [3.63, 3.8) is 0 Å². The Morgan fingerprint density at radius 2 is 1.68 bits per heavy atom. The van der Waals surface area contributed by atoms with E-state index in [9.17, 15) is 4.79 Å². The van der Waals surface area contributed by atoms with E-state index in [-0.39, 0.29) is 15.6 Å². The molecule has 1 amide bonds. The highest BCUT2D eigenvalue weighted by atomic mass is 35.5. The molecule has 0 bridgehead atoms. The second-order valence-corrected chi connectivity index (χ2v) is 4.78. The van der Waals surface area contributed by atoms with Crippen LogP contribution in [0.4, 0.5) is 0 Å². The van der Waals surface area contributed by atoms with Crippen molar-refractivity contribution < 1.29 is 4.79 Å². The van der Waals surface area contributed by atoms with Gasteiger partial charge in [0.1, 0.15) is 5.52 Å². The molecule has 0 aliphatic heterocycles. The maximum absolute atomic E-state index is 11.5. The van der Waals surface area contributed by atoms with Crippen molar-refractivity contribution in [1.29, 1.82) is 0 Å². The molecule has 19 heavy (non-hydrogen) atoms. The number of carbonyl (C=O) groups excluding carboxylic acids is 1. The Balaban J connectivity index is 2.53. The number of hydrogen-bond donors (Lipinski definition) is 1. The van der Waals surface area contributed by atoms with Crippen LogP contribution in [0.25, 0.3) is 22.1 Å². The molecule has 0 aliphatic rings. The molecule has 94 valence electrons. The second-order valence-electron chi connectivity index (χ2n) is 3.99. The van der Waals surface area contributed by atoms with E-state index in [1.54, 1.807) is 12.1 Å². The summed E-state index contributed by atoms with van der Waals surface area (Å²) >= 11 is 12.0. The summed E-state index contributed by atoms with van der Waals surface area (Å²) in [4.78, 5) is 20.3. The molecular formula is C13H7Cl2N3O. The van der Waals surface area contributed by atoms with Crippen LogP contribution in [0.3, 0.4) is 0 Å². The highest BCUT2D eigenvalue weighted by molar-refractivity contribution is 6.45. The van der Waals surface area contributed by atoms with Gasteiger partial charge in [0.2, 0.25) is 0 Å². The lowest BCUT2D eigenvalue weighted by molar-refractivity contribution is 0.100. The zero-order valence-corrected chi connectivity index (χ0v) is 11.0. The normalized spacial score (nSPS) is 11.1. The van der Waals surface area contributed by atoms with Gasteiger partial charge < -0.3 is 5.73 Å². The van der Waals surface area contributed by atoms with E-state index in [1.807, 2.05) is 18.2 Å². The Bertz CT molecular complexity index is 833. The van der Waals surface area contributed by atoms with Gasteiger partial charge >= 0.3 is 0 Å². The van der Waals surface area contributed by atoms with E-state index in [1.165, 1.54) is 0 Å². The smallest absolute Gasteiger partial charge is 0.252 e. The lowest BCUT2D eigenvalue weighted by Crippen LogP contribution is -2.13. The van der Waals surface area contributed by atoms with E-state index in [2.05, 4.69) is 9.97 Å². The Morgan fingerprint density at radius 1 is 1.05 bits per heavy atom. The van der Waals surface area contributed by atoms with Crippen LogP contribution in [-0.4, -0.2) is 15.9 Å². The van der Waals surface area contributed by atoms with Crippen molar-refractivity contribution in [1.82, 2.24) is 9.97 Å². The quantitative estimate of drug-likeness (QED) is 0.700. The van der Waals surface area contributed by atoms with Gasteiger partial charge in [-0.25, -0.2) is 9.97 Å². The van der Waals surface area contributed by atoms with Crippen molar-refractivity contribution in [3.05, 3.63) is 45.9 Å². The molecule has 1 heterocycles. The topological polar surface area (TPSA) is 68.9 Å². The van der Waals surface area contributed by atoms with E-state index in [0.717, 1.165) is 0 Å². The predicted molar refractivity (Wildman–Crippen MR) is 75.6 cm³/mol. The number of rotatable bonds is 1. The number of para-hydroxylation sites is 2. The molecule has 4 nitrogen and oxygen atoms in total. The third-order valence-corrected chi connectivity index (χ3v) is 3.56. The molecule has 2 aromatic carbocycles. The SMILES string of the molecule is NC(=O)c1c(Cl)c(Cl)cc2nc3ccccc3nc12. The molecule has 1 aromatic heterocycles. The lowest BCUT2D eigenvalue weighted by Gasteiger charge is -2.07. The van der Waals surface area contributed by atoms with Gasteiger partial charge in [0, 0.05) is 0 Å². The maximum atomic E-state index is 11.5. The first kappa shape index (κ1) is 12.1. The molecule has 0 atom stereocenters. The third kappa shape index (κ3) is 1.89. The second kappa shape index (κ2) is 4.33. The summed E-state index contributed by atoms with van der Waals surface area (Å²) in [5.41, 5.74) is 7.67. The molecule has 0 unspecified atom stereocenters. The summed E-state index contributed by atoms with van der Waals surface area (Å²) in [5, 5.41) is 0.332. The molecule has 0 aliphatic carbocycles. The summed E-state index contributed by atoms with van der Waals surface area (Å²) in [6, 6.07) is 8.90. The minimum atomic E-state index is -0.679. The molecule has 2 N–H and O–H groups in total. The number of hydrogen-bond acceptors (Lipinski definition) is 3. The summed E-state index contributed by atoms with van der Waals surface area (Å²) in [6.07, 6.45) is 0. The number of aromatic nitrogens is 2. The molecule has 0 saturated carbocycles. The first-order valence-corrected chi connectivity index (χ1v) is 6.18. The van der Waals surface area contributed by atoms with Crippen molar-refractivity contribution in [2.75, 3.05) is 0 Å². The number of amides is 1. The van der Waals surface area contributed by atoms with Crippen LogP contribution < -0.4 is 5.73 Å². The number of halogens is 2. The molecule has 0 fully saturated rings. The molecule has 3 aromatic rings. The minimum Gasteiger partial charge on any atom is -0.365 e. The Hall–Kier alpha value is -1.91. The first-order valence-electron chi connectivity index (χ1n) is 5.42. The molecule has 6 heteroatoms. The van der Waals surface area contributed by atoms with Crippen LogP contribution in [0.5, 0.6) is 0 Å². The Kier molecular flexibility index (Phi) is 2.77. The summed E-state index contributed by atoms with van der Waals surface area (Å²) in [5.74, 6) is -0.679. The van der Waals surface area contributed by atoms with Gasteiger partial charge in [0.15, 0.2) is 0 Å². The number of benzene rings is 2. The van der Waals surface area contributed by atoms with Crippen LogP contribution in [0.15, 0.2) is 30.3 Å². The average molecular weight is 292 g/mol. The number of carbonyl (C=O) groups is 1. The third-order valence-electron chi connectivity index (χ3n) is 2.77. The lowest BCUT2D eigenvalue weighted by atomic mass is 10.1. The van der Waals surface area contributed by atoms with Crippen LogP contribution in [0.2, 0.25) is 10.0 Å². The van der Waals surface area contributed by atoms with Crippen LogP contribution in [-0.2, 0) is 0 Å². The van der Waals surface area contributed by atoms with Gasteiger partial charge in [0.25, 0.3) is 5.91 Å². The summed E-state index contributed by atoms with van der Waals surface area (Å²) in [6.45, 7) is 0. The number of primary amides is 1. The predicted octanol–water partition coefficient (Wildman–Crippen LogP) is 3.19. The van der Waals surface area contributed by atoms with Gasteiger partial charge in [0.05, 0.1) is 32.2 Å². The van der Waals surface area contributed by atoms with E-state index in [4.69, 9.17) is 28.9 Å². The van der Waals surface area contributed by atoms with Gasteiger partial charge in [-0.3, -0.25) is 4.79 Å². The maximum Gasteiger partial charge on any atom is 0.252 e. The molecule has 0 radical (unpaired) electrons. The van der Waals surface area contributed by atoms with Crippen LogP contribution >= 0.6 is 23.2 Å². The van der Waals surface area contributed by atoms with E-state index >= 15 is 0 Å². The number of nitrogens with two attached hydrogens (primary N) is 1. The largest absolute Gasteiger partial charge is 0.365 e. The van der Waals surface area contributed by atoms with E-state index in [0.29, 0.717) is 22.1 Å². The van der Waals surface area contributed by atoms with Crippen molar-refractivity contribution >= 4 is 51.2 Å². The summed E-state index contributed by atoms with van der Waals surface area (Å²) < 4.78 is 0. The molecular weight excluding hydrogens is 285 g/mol. The zero-order chi connectivity index (χ0) is 13.6. The summed E-state index contributed by atoms with van der Waals surface area (Å²) in [7, 11) is 0. The van der Waals surface area contributed by atoms with Crippen molar-refractivity contribution in [2.24, 2.45) is 5.73 Å². The molecule has 0 spiro atoms. The average Bonchev–Trinajstić information content (AvgIpc) is 2.37. The fourth-order valence-corrected chi connectivity index (χ4v) is 2.36. The highest BCUT2D eigenvalue weighted by Crippen LogP contribution is 2.32. The van der Waals surface area contributed by atoms with Gasteiger partial charge in [-0.2, -0.15) is 0 Å². The molecule has 0 saturated heterocycles. The minimum absolute atomic E-state index is 0.0995. The first-order chi connectivity index (χ1) is 9.08. The zero-order valence-electron chi connectivity index (χ0n) is 9.52.